The molecule has 0 aromatic rings. The second-order valence-corrected chi connectivity index (χ2v) is 9.83. The lowest BCUT2D eigenvalue weighted by molar-refractivity contribution is -0.142. The Bertz CT molecular complexity index is 759. The Morgan fingerprint density at radius 2 is 1.34 bits per heavy atom. The molecule has 0 rings (SSSR count). The normalized spacial score (nSPS) is 15.0. The number of carboxylic acids is 1. The van der Waals surface area contributed by atoms with E-state index in [9.17, 15) is 34.2 Å². The smallest absolute Gasteiger partial charge is 0.407 e. The molecule has 0 heterocycles. The van der Waals surface area contributed by atoms with E-state index >= 15 is 0 Å². The number of nitrogens with one attached hydrogen (secondary N) is 4. The van der Waals surface area contributed by atoms with Crippen molar-refractivity contribution in [3.8, 4) is 0 Å². The highest BCUT2D eigenvalue weighted by molar-refractivity contribution is 5.92. The van der Waals surface area contributed by atoms with Gasteiger partial charge in [-0.1, -0.05) is 0 Å². The van der Waals surface area contributed by atoms with E-state index in [1.165, 1.54) is 6.92 Å². The summed E-state index contributed by atoms with van der Waals surface area (Å²) >= 11 is 0. The van der Waals surface area contributed by atoms with E-state index in [0.29, 0.717) is 0 Å². The van der Waals surface area contributed by atoms with Gasteiger partial charge in [-0.2, -0.15) is 0 Å². The molecule has 0 unspecified atom stereocenters. The molecule has 0 saturated carbocycles. The van der Waals surface area contributed by atoms with Crippen LogP contribution in [0.2, 0.25) is 0 Å². The van der Waals surface area contributed by atoms with Gasteiger partial charge in [-0.3, -0.25) is 9.59 Å². The van der Waals surface area contributed by atoms with Crippen molar-refractivity contribution in [1.29, 1.82) is 0 Å². The van der Waals surface area contributed by atoms with Crippen molar-refractivity contribution in [2.24, 2.45) is 5.73 Å². The van der Waals surface area contributed by atoms with Crippen LogP contribution >= 0.6 is 0 Å². The summed E-state index contributed by atoms with van der Waals surface area (Å²) in [5.41, 5.74) is 4.28. The minimum atomic E-state index is -1.57. The van der Waals surface area contributed by atoms with E-state index in [2.05, 4.69) is 21.3 Å². The van der Waals surface area contributed by atoms with Gasteiger partial charge in [-0.15, -0.1) is 0 Å². The molecule has 14 nitrogen and oxygen atoms in total. The topological polar surface area (TPSA) is 218 Å². The van der Waals surface area contributed by atoms with E-state index in [0.717, 1.165) is 0 Å². The standard InChI is InChI=1S/C21H39N5O9/c1-11(27)14(26-15(28)12(22)8-9-23-18(32)34-20(2,3)4)16(29)25-13(17(30)31)10-24-19(33)35-21(5,6)7/h11-14,27H,8-10,22H2,1-7H3,(H,23,32)(H,24,33)(H,25,29)(H,26,28)(H,30,31)/t11-,12+,13+,14+/m1/s1. The van der Waals surface area contributed by atoms with Gasteiger partial charge in [0, 0.05) is 6.54 Å². The Hall–Kier alpha value is -3.13. The van der Waals surface area contributed by atoms with Crippen LogP contribution in [-0.4, -0.2) is 88.7 Å². The summed E-state index contributed by atoms with van der Waals surface area (Å²) in [7, 11) is 0. The molecule has 0 bridgehead atoms. The summed E-state index contributed by atoms with van der Waals surface area (Å²) in [6, 6.07) is -4.25. The molecule has 0 aliphatic heterocycles. The van der Waals surface area contributed by atoms with Crippen LogP contribution in [0.1, 0.15) is 54.9 Å². The molecule has 4 amide bonds. The number of carboxylic acid groups (broad SMARTS) is 1. The first-order chi connectivity index (χ1) is 15.8. The van der Waals surface area contributed by atoms with Gasteiger partial charge in [0.2, 0.25) is 11.8 Å². The van der Waals surface area contributed by atoms with Gasteiger partial charge in [0.15, 0.2) is 0 Å². The number of rotatable bonds is 11. The zero-order valence-corrected chi connectivity index (χ0v) is 21.3. The fourth-order valence-electron chi connectivity index (χ4n) is 2.40. The molecule has 0 aromatic heterocycles. The number of amides is 4. The summed E-state index contributed by atoms with van der Waals surface area (Å²) < 4.78 is 10.1. The van der Waals surface area contributed by atoms with Crippen LogP contribution in [-0.2, 0) is 23.9 Å². The molecule has 4 atom stereocenters. The van der Waals surface area contributed by atoms with Crippen molar-refractivity contribution in [3.05, 3.63) is 0 Å². The summed E-state index contributed by atoms with van der Waals surface area (Å²) in [5, 5.41) is 28.4. The number of aliphatic hydroxyl groups excluding tert-OH is 1. The number of aliphatic carboxylic acids is 1. The van der Waals surface area contributed by atoms with Gasteiger partial charge >= 0.3 is 18.2 Å². The Labute approximate surface area is 204 Å². The van der Waals surface area contributed by atoms with Crippen LogP contribution in [0.5, 0.6) is 0 Å². The van der Waals surface area contributed by atoms with Crippen LogP contribution < -0.4 is 27.0 Å². The van der Waals surface area contributed by atoms with E-state index in [1.807, 2.05) is 0 Å². The molecule has 8 N–H and O–H groups in total. The molecule has 35 heavy (non-hydrogen) atoms. The maximum Gasteiger partial charge on any atom is 0.407 e. The SMILES string of the molecule is C[C@@H](O)[C@H](NC(=O)[C@@H](N)CCNC(=O)OC(C)(C)C)C(=O)N[C@@H](CNC(=O)OC(C)(C)C)C(=O)O. The third kappa shape index (κ3) is 14.7. The Morgan fingerprint density at radius 1 is 0.857 bits per heavy atom. The highest BCUT2D eigenvalue weighted by Crippen LogP contribution is 2.07. The fraction of sp³-hybridized carbons (Fsp3) is 0.762. The number of nitrogens with two attached hydrogens (primary N) is 1. The van der Waals surface area contributed by atoms with Crippen molar-refractivity contribution in [2.45, 2.75) is 90.3 Å². The van der Waals surface area contributed by atoms with Crippen molar-refractivity contribution in [1.82, 2.24) is 21.3 Å². The Kier molecular flexibility index (Phi) is 12.5. The van der Waals surface area contributed by atoms with Crippen LogP contribution in [0.25, 0.3) is 0 Å². The van der Waals surface area contributed by atoms with Gasteiger partial charge < -0.3 is 46.7 Å². The largest absolute Gasteiger partial charge is 0.480 e. The minimum Gasteiger partial charge on any atom is -0.480 e. The second kappa shape index (κ2) is 13.7. The average Bonchev–Trinajstić information content (AvgIpc) is 2.65. The lowest BCUT2D eigenvalue weighted by Gasteiger charge is -2.25. The number of carbonyl (C=O) groups is 5. The van der Waals surface area contributed by atoms with Crippen LogP contribution in [0.4, 0.5) is 9.59 Å². The highest BCUT2D eigenvalue weighted by Gasteiger charge is 2.31. The summed E-state index contributed by atoms with van der Waals surface area (Å²) in [6.45, 7) is 10.7. The monoisotopic (exact) mass is 505 g/mol. The first kappa shape index (κ1) is 31.9. The molecule has 0 fully saturated rings. The van der Waals surface area contributed by atoms with Crippen LogP contribution in [0, 0.1) is 0 Å². The zero-order chi connectivity index (χ0) is 27.6. The predicted octanol–water partition coefficient (Wildman–Crippen LogP) is -0.812. The maximum absolute atomic E-state index is 12.6. The van der Waals surface area contributed by atoms with Gasteiger partial charge in [-0.25, -0.2) is 14.4 Å². The summed E-state index contributed by atoms with van der Waals surface area (Å²) in [4.78, 5) is 59.8. The zero-order valence-electron chi connectivity index (χ0n) is 21.3. The van der Waals surface area contributed by atoms with Gasteiger partial charge in [-0.05, 0) is 54.9 Å². The quantitative estimate of drug-likeness (QED) is 0.185. The van der Waals surface area contributed by atoms with E-state index < -0.39 is 71.9 Å². The average molecular weight is 506 g/mol. The fourth-order valence-corrected chi connectivity index (χ4v) is 2.40. The first-order valence-corrected chi connectivity index (χ1v) is 11.0. The first-order valence-electron chi connectivity index (χ1n) is 11.0. The Morgan fingerprint density at radius 3 is 1.77 bits per heavy atom. The number of carbonyl (C=O) groups excluding carboxylic acids is 4. The number of aliphatic hydroxyl groups is 1. The number of hydrogen-bond acceptors (Lipinski definition) is 9. The molecule has 14 heteroatoms. The highest BCUT2D eigenvalue weighted by atomic mass is 16.6. The summed E-state index contributed by atoms with van der Waals surface area (Å²) in [5.74, 6) is -3.28. The summed E-state index contributed by atoms with van der Waals surface area (Å²) in [6.07, 6.45) is -2.98. The number of ether oxygens (including phenoxy) is 2. The molecule has 0 aliphatic carbocycles. The van der Waals surface area contributed by atoms with Crippen LogP contribution in [0.3, 0.4) is 0 Å². The van der Waals surface area contributed by atoms with Gasteiger partial charge in [0.1, 0.15) is 23.3 Å². The van der Waals surface area contributed by atoms with Crippen molar-refractivity contribution >= 4 is 30.0 Å². The Balaban J connectivity index is 4.90. The second-order valence-electron chi connectivity index (χ2n) is 9.83. The lowest BCUT2D eigenvalue weighted by Crippen LogP contribution is -2.59. The molecular weight excluding hydrogens is 466 g/mol. The molecule has 0 saturated heterocycles. The lowest BCUT2D eigenvalue weighted by atomic mass is 10.1. The van der Waals surface area contributed by atoms with Crippen LogP contribution in [0.15, 0.2) is 0 Å². The molecule has 0 spiro atoms. The third-order valence-corrected chi connectivity index (χ3v) is 3.99. The minimum absolute atomic E-state index is 0.00319. The van der Waals surface area contributed by atoms with Gasteiger partial charge in [0.05, 0.1) is 18.7 Å². The molecule has 0 aliphatic rings. The molecule has 0 aromatic carbocycles. The molecule has 0 radical (unpaired) electrons. The number of alkyl carbamates (subject to hydrolysis) is 2. The molecule has 202 valence electrons. The van der Waals surface area contributed by atoms with Crippen molar-refractivity contribution in [2.75, 3.05) is 13.1 Å². The van der Waals surface area contributed by atoms with E-state index in [-0.39, 0.29) is 13.0 Å². The van der Waals surface area contributed by atoms with E-state index in [1.54, 1.807) is 41.5 Å². The number of hydrogen-bond donors (Lipinski definition) is 7. The van der Waals surface area contributed by atoms with Crippen molar-refractivity contribution < 1.29 is 43.7 Å². The molecular formula is C21H39N5O9. The third-order valence-electron chi connectivity index (χ3n) is 3.99. The van der Waals surface area contributed by atoms with E-state index in [4.69, 9.17) is 15.2 Å². The van der Waals surface area contributed by atoms with Gasteiger partial charge in [0.25, 0.3) is 0 Å². The predicted molar refractivity (Wildman–Crippen MR) is 124 cm³/mol. The maximum atomic E-state index is 12.6. The van der Waals surface area contributed by atoms with Crippen molar-refractivity contribution in [3.63, 3.8) is 0 Å².